The van der Waals surface area contributed by atoms with Gasteiger partial charge in [-0.15, -0.1) is 0 Å². The molecule has 2 amide bonds. The summed E-state index contributed by atoms with van der Waals surface area (Å²) in [5.74, 6) is -0.339. The van der Waals surface area contributed by atoms with Gasteiger partial charge in [-0.25, -0.2) is 14.8 Å². The summed E-state index contributed by atoms with van der Waals surface area (Å²) >= 11 is 0. The second-order valence-corrected chi connectivity index (χ2v) is 19.2. The molecule has 6 aromatic carbocycles. The number of amides is 2. The monoisotopic (exact) mass is 952 g/mol. The van der Waals surface area contributed by atoms with E-state index in [9.17, 15) is 14.4 Å². The van der Waals surface area contributed by atoms with Crippen LogP contribution in [-0.4, -0.2) is 87.0 Å². The minimum Gasteiger partial charge on any atom is -0.468 e. The molecule has 13 heteroatoms. The lowest BCUT2D eigenvalue weighted by Gasteiger charge is -2.30. The molecule has 4 unspecified atom stereocenters. The Hall–Kier alpha value is -7.61. The molecule has 3 heterocycles. The molecule has 8 aromatic rings. The number of ether oxygens (including phenoxy) is 2. The minimum absolute atomic E-state index is 0.0506. The largest absolute Gasteiger partial charge is 0.468 e. The number of nitrogens with zero attached hydrogens (tertiary/aromatic N) is 4. The van der Waals surface area contributed by atoms with E-state index in [4.69, 9.17) is 9.47 Å². The van der Waals surface area contributed by atoms with Gasteiger partial charge in [-0.1, -0.05) is 146 Å². The molecule has 0 saturated carbocycles. The normalized spacial score (nSPS) is 15.5. The fourth-order valence-electron chi connectivity index (χ4n) is 8.84. The lowest BCUT2D eigenvalue weighted by molar-refractivity contribution is -0.143. The van der Waals surface area contributed by atoms with Crippen LogP contribution in [0.3, 0.4) is 0 Å². The SMILES string of the molecule is COC(=O)C(Cc1cn(Cc2ccccc2)cn1)NCC(Cc1ccc2ccccc2c1)NC(=O)OC(C)(C)C.O=C1NC(Cc2ccc3ccccc3c2)CNC1Cc1cn(Cc2ccccc2)cn1. The van der Waals surface area contributed by atoms with Gasteiger partial charge in [0.2, 0.25) is 5.91 Å². The number of piperazine rings is 1. The molecule has 366 valence electrons. The molecule has 4 N–H and O–H groups in total. The molecule has 1 aliphatic heterocycles. The Morgan fingerprint density at radius 1 is 0.676 bits per heavy atom. The van der Waals surface area contributed by atoms with Crippen molar-refractivity contribution >= 4 is 39.5 Å². The lowest BCUT2D eigenvalue weighted by Crippen LogP contribution is -2.59. The number of hydrogen-bond acceptors (Lipinski definition) is 9. The van der Waals surface area contributed by atoms with Crippen molar-refractivity contribution in [3.63, 3.8) is 0 Å². The van der Waals surface area contributed by atoms with Gasteiger partial charge in [0, 0.05) is 63.5 Å². The third-order valence-electron chi connectivity index (χ3n) is 12.3. The van der Waals surface area contributed by atoms with Crippen LogP contribution in [0.15, 0.2) is 171 Å². The molecule has 1 fully saturated rings. The Balaban J connectivity index is 0.000000196. The fraction of sp³-hybridized carbons (Fsp3) is 0.293. The quantitative estimate of drug-likeness (QED) is 0.0662. The topological polar surface area (TPSA) is 153 Å². The van der Waals surface area contributed by atoms with Crippen LogP contribution in [0.2, 0.25) is 0 Å². The first-order valence-corrected chi connectivity index (χ1v) is 24.3. The number of alkyl carbamates (subject to hydrolysis) is 1. The van der Waals surface area contributed by atoms with Gasteiger partial charge < -0.3 is 39.9 Å². The molecule has 13 nitrogen and oxygen atoms in total. The van der Waals surface area contributed by atoms with Crippen LogP contribution >= 0.6 is 0 Å². The Morgan fingerprint density at radius 3 is 1.82 bits per heavy atom. The van der Waals surface area contributed by atoms with E-state index in [0.29, 0.717) is 32.4 Å². The highest BCUT2D eigenvalue weighted by molar-refractivity contribution is 5.85. The van der Waals surface area contributed by atoms with Crippen LogP contribution in [0.1, 0.15) is 54.4 Å². The van der Waals surface area contributed by atoms with Gasteiger partial charge in [0.15, 0.2) is 0 Å². The van der Waals surface area contributed by atoms with Crippen LogP contribution in [0, 0.1) is 0 Å². The zero-order chi connectivity index (χ0) is 49.6. The molecule has 1 aliphatic rings. The molecule has 0 spiro atoms. The van der Waals surface area contributed by atoms with E-state index in [1.54, 1.807) is 6.33 Å². The summed E-state index contributed by atoms with van der Waals surface area (Å²) < 4.78 is 14.7. The van der Waals surface area contributed by atoms with E-state index >= 15 is 0 Å². The number of methoxy groups -OCH3 is 1. The van der Waals surface area contributed by atoms with Crippen molar-refractivity contribution in [2.75, 3.05) is 20.2 Å². The Bertz CT molecular complexity index is 3000. The molecule has 4 atom stereocenters. The van der Waals surface area contributed by atoms with Gasteiger partial charge in [0.05, 0.1) is 37.2 Å². The first kappa shape index (κ1) is 49.8. The van der Waals surface area contributed by atoms with E-state index in [-0.39, 0.29) is 30.0 Å². The summed E-state index contributed by atoms with van der Waals surface area (Å²) in [5.41, 5.74) is 5.77. The number of imidazole rings is 2. The van der Waals surface area contributed by atoms with Crippen molar-refractivity contribution in [2.45, 2.75) is 89.3 Å². The van der Waals surface area contributed by atoms with Gasteiger partial charge >= 0.3 is 12.1 Å². The number of rotatable bonds is 17. The summed E-state index contributed by atoms with van der Waals surface area (Å²) in [4.78, 5) is 47.1. The van der Waals surface area contributed by atoms with Crippen molar-refractivity contribution in [2.24, 2.45) is 0 Å². The lowest BCUT2D eigenvalue weighted by atomic mass is 9.99. The van der Waals surface area contributed by atoms with E-state index < -0.39 is 17.7 Å². The number of aromatic nitrogens is 4. The Kier molecular flexibility index (Phi) is 16.7. The van der Waals surface area contributed by atoms with Gasteiger partial charge in [0.25, 0.3) is 0 Å². The van der Waals surface area contributed by atoms with Crippen molar-refractivity contribution in [3.05, 3.63) is 204 Å². The van der Waals surface area contributed by atoms with E-state index in [2.05, 4.69) is 133 Å². The standard InChI is InChI=1S/C32H38N4O4.C26H26N4O/c1-32(2,3)40-31(38)35-27(17-24-14-15-25-12-8-9-13-26(25)16-24)19-33-29(30(37)39-4)18-28-21-36(22-34-28)20-23-10-6-5-7-11-23;31-26-25(14-24-17-30(18-28-24)16-19-6-2-1-3-7-19)27-15-23(29-26)13-20-10-11-21-8-4-5-9-22(21)12-20/h5-16,21-22,27,29,33H,17-20H2,1-4H3,(H,35,38);1-12,17-18,23,25,27H,13-16H2,(H,29,31). The predicted octanol–water partition coefficient (Wildman–Crippen LogP) is 8.22. The smallest absolute Gasteiger partial charge is 0.407 e. The number of fused-ring (bicyclic) bond motifs is 2. The van der Waals surface area contributed by atoms with Gasteiger partial charge in [0.1, 0.15) is 11.6 Å². The number of hydrogen-bond donors (Lipinski definition) is 4. The first-order valence-electron chi connectivity index (χ1n) is 24.3. The van der Waals surface area contributed by atoms with Crippen LogP contribution in [0.4, 0.5) is 4.79 Å². The van der Waals surface area contributed by atoms with Crippen LogP contribution < -0.4 is 21.3 Å². The van der Waals surface area contributed by atoms with Gasteiger partial charge in [-0.3, -0.25) is 9.59 Å². The second kappa shape index (κ2) is 23.8. The first-order chi connectivity index (χ1) is 34.4. The average Bonchev–Trinajstić information content (AvgIpc) is 4.01. The number of nitrogens with one attached hydrogen (secondary N) is 4. The number of benzene rings is 6. The molecule has 0 radical (unpaired) electrons. The summed E-state index contributed by atoms with van der Waals surface area (Å²) in [6, 6.07) is 48.6. The summed E-state index contributed by atoms with van der Waals surface area (Å²) in [5, 5.41) is 17.7. The maximum Gasteiger partial charge on any atom is 0.407 e. The second-order valence-electron chi connectivity index (χ2n) is 19.2. The molecule has 9 rings (SSSR count). The number of carbonyl (C=O) groups is 3. The van der Waals surface area contributed by atoms with Crippen molar-refractivity contribution < 1.29 is 23.9 Å². The summed E-state index contributed by atoms with van der Waals surface area (Å²) in [6.45, 7) is 8.04. The molecule has 0 aliphatic carbocycles. The third kappa shape index (κ3) is 14.9. The molecule has 0 bridgehead atoms. The van der Waals surface area contributed by atoms with Crippen LogP contribution in [0.5, 0.6) is 0 Å². The minimum atomic E-state index is -0.635. The van der Waals surface area contributed by atoms with Crippen LogP contribution in [-0.2, 0) is 57.8 Å². The van der Waals surface area contributed by atoms with Crippen LogP contribution in [0.25, 0.3) is 21.5 Å². The molecule has 2 aromatic heterocycles. The third-order valence-corrected chi connectivity index (χ3v) is 12.3. The maximum atomic E-state index is 12.7. The van der Waals surface area contributed by atoms with E-state index in [0.717, 1.165) is 47.2 Å². The van der Waals surface area contributed by atoms with Gasteiger partial charge in [-0.2, -0.15) is 0 Å². The molecular weight excluding hydrogens is 889 g/mol. The zero-order valence-corrected chi connectivity index (χ0v) is 41.0. The highest BCUT2D eigenvalue weighted by Crippen LogP contribution is 2.20. The van der Waals surface area contributed by atoms with Gasteiger partial charge in [-0.05, 0) is 77.4 Å². The van der Waals surface area contributed by atoms with E-state index in [1.807, 2.05) is 92.6 Å². The summed E-state index contributed by atoms with van der Waals surface area (Å²) in [7, 11) is 1.37. The Labute approximate surface area is 416 Å². The van der Waals surface area contributed by atoms with E-state index in [1.165, 1.54) is 34.6 Å². The zero-order valence-electron chi connectivity index (χ0n) is 41.0. The highest BCUT2D eigenvalue weighted by Gasteiger charge is 2.29. The molecule has 1 saturated heterocycles. The van der Waals surface area contributed by atoms with Crippen molar-refractivity contribution in [1.29, 1.82) is 0 Å². The average molecular weight is 953 g/mol. The predicted molar refractivity (Wildman–Crippen MR) is 279 cm³/mol. The molecular formula is C58H64N8O5. The highest BCUT2D eigenvalue weighted by atomic mass is 16.6. The number of esters is 1. The van der Waals surface area contributed by atoms with Crippen molar-refractivity contribution in [1.82, 2.24) is 40.4 Å². The molecule has 71 heavy (non-hydrogen) atoms. The Morgan fingerprint density at radius 2 is 1.23 bits per heavy atom. The fourth-order valence-corrected chi connectivity index (χ4v) is 8.84. The summed E-state index contributed by atoms with van der Waals surface area (Å²) in [6.07, 6.45) is 9.39. The maximum absolute atomic E-state index is 12.7. The number of carbonyl (C=O) groups excluding carboxylic acids is 3. The van der Waals surface area contributed by atoms with Crippen molar-refractivity contribution in [3.8, 4) is 0 Å².